The highest BCUT2D eigenvalue weighted by Gasteiger charge is 2.58. The molecule has 0 N–H and O–H groups in total. The number of carbonyl (C=O) groups is 3. The minimum absolute atomic E-state index is 0.110. The van der Waals surface area contributed by atoms with Crippen LogP contribution in [0.15, 0.2) is 54.9 Å². The summed E-state index contributed by atoms with van der Waals surface area (Å²) < 4.78 is 64.8. The molecular formula is C28H24F4N4O5. The fourth-order valence-corrected chi connectivity index (χ4v) is 5.03. The number of alkyl halides is 3. The van der Waals surface area contributed by atoms with Gasteiger partial charge in [-0.25, -0.2) is 24.1 Å². The molecule has 41 heavy (non-hydrogen) atoms. The Kier molecular flexibility index (Phi) is 7.14. The molecular weight excluding hydrogens is 548 g/mol. The number of carbonyl (C=O) groups excluding carboxylic acids is 3. The van der Waals surface area contributed by atoms with Gasteiger partial charge >= 0.3 is 18.3 Å². The summed E-state index contributed by atoms with van der Waals surface area (Å²) in [6.07, 6.45) is -2.27. The molecule has 1 spiro atoms. The maximum atomic E-state index is 13.7. The van der Waals surface area contributed by atoms with Gasteiger partial charge in [0.05, 0.1) is 7.11 Å². The van der Waals surface area contributed by atoms with Crippen LogP contribution in [0.4, 0.5) is 22.4 Å². The number of ether oxygens (including phenoxy) is 2. The Bertz CT molecular complexity index is 1500. The van der Waals surface area contributed by atoms with Crippen molar-refractivity contribution in [1.29, 1.82) is 0 Å². The third-order valence-corrected chi connectivity index (χ3v) is 7.32. The van der Waals surface area contributed by atoms with Gasteiger partial charge in [-0.05, 0) is 42.2 Å². The molecule has 2 aliphatic rings. The fourth-order valence-electron chi connectivity index (χ4n) is 5.03. The second-order valence-electron chi connectivity index (χ2n) is 9.78. The molecule has 0 unspecified atom stereocenters. The van der Waals surface area contributed by atoms with Crippen molar-refractivity contribution in [1.82, 2.24) is 19.8 Å². The van der Waals surface area contributed by atoms with E-state index >= 15 is 0 Å². The predicted octanol–water partition coefficient (Wildman–Crippen LogP) is 4.39. The number of fused-ring (bicyclic) bond motifs is 2. The van der Waals surface area contributed by atoms with Crippen LogP contribution >= 0.6 is 0 Å². The van der Waals surface area contributed by atoms with Crippen LogP contribution in [0.25, 0.3) is 11.1 Å². The first-order valence-corrected chi connectivity index (χ1v) is 12.6. The summed E-state index contributed by atoms with van der Waals surface area (Å²) in [6, 6.07) is 7.77. The highest BCUT2D eigenvalue weighted by atomic mass is 19.4. The zero-order valence-corrected chi connectivity index (χ0v) is 21.9. The van der Waals surface area contributed by atoms with Gasteiger partial charge in [-0.15, -0.1) is 0 Å². The van der Waals surface area contributed by atoms with Gasteiger partial charge in [-0.2, -0.15) is 13.2 Å². The van der Waals surface area contributed by atoms with E-state index in [0.717, 1.165) is 30.2 Å². The Labute approximate surface area is 231 Å². The SMILES string of the molecule is COc1ncc(-c2ccc3c(c2)CC[C@@]32OC(=O)N(CC(=O)N(Cc3ccc(F)cc3)[C@@H](C)C(F)(F)F)C2=O)cn1. The molecule has 1 saturated heterocycles. The molecule has 2 atom stereocenters. The van der Waals surface area contributed by atoms with Gasteiger partial charge in [0.15, 0.2) is 0 Å². The van der Waals surface area contributed by atoms with E-state index in [0.29, 0.717) is 27.3 Å². The average molecular weight is 573 g/mol. The number of aryl methyl sites for hydroxylation is 1. The number of halogens is 4. The summed E-state index contributed by atoms with van der Waals surface area (Å²) in [5, 5.41) is 0. The van der Waals surface area contributed by atoms with Crippen LogP contribution in [-0.2, 0) is 32.9 Å². The first-order chi connectivity index (χ1) is 19.4. The summed E-state index contributed by atoms with van der Waals surface area (Å²) in [7, 11) is 1.45. The normalized spacial score (nSPS) is 18.8. The highest BCUT2D eigenvalue weighted by Crippen LogP contribution is 2.46. The van der Waals surface area contributed by atoms with Crippen LogP contribution in [0.1, 0.15) is 30.0 Å². The van der Waals surface area contributed by atoms with E-state index in [1.54, 1.807) is 24.5 Å². The van der Waals surface area contributed by atoms with Crippen LogP contribution in [0.2, 0.25) is 0 Å². The lowest BCUT2D eigenvalue weighted by Crippen LogP contribution is -2.51. The van der Waals surface area contributed by atoms with E-state index in [2.05, 4.69) is 9.97 Å². The molecule has 0 radical (unpaired) electrons. The van der Waals surface area contributed by atoms with Crippen molar-refractivity contribution in [3.05, 3.63) is 77.4 Å². The van der Waals surface area contributed by atoms with Gasteiger partial charge in [-0.1, -0.05) is 30.3 Å². The number of imide groups is 1. The van der Waals surface area contributed by atoms with Crippen molar-refractivity contribution in [3.8, 4) is 17.1 Å². The van der Waals surface area contributed by atoms with Crippen molar-refractivity contribution in [2.75, 3.05) is 13.7 Å². The summed E-state index contributed by atoms with van der Waals surface area (Å²) in [5.41, 5.74) is 1.18. The lowest BCUT2D eigenvalue weighted by Gasteiger charge is -2.31. The predicted molar refractivity (Wildman–Crippen MR) is 135 cm³/mol. The third kappa shape index (κ3) is 5.19. The summed E-state index contributed by atoms with van der Waals surface area (Å²) in [6.45, 7) is -0.661. The molecule has 1 aromatic heterocycles. The van der Waals surface area contributed by atoms with Crippen molar-refractivity contribution in [2.24, 2.45) is 0 Å². The van der Waals surface area contributed by atoms with Gasteiger partial charge in [0, 0.05) is 36.5 Å². The highest BCUT2D eigenvalue weighted by molar-refractivity contribution is 6.06. The van der Waals surface area contributed by atoms with E-state index in [1.165, 1.54) is 19.2 Å². The molecule has 3 aromatic rings. The number of nitrogens with zero attached hydrogens (tertiary/aromatic N) is 4. The lowest BCUT2D eigenvalue weighted by atomic mass is 9.93. The maximum absolute atomic E-state index is 13.7. The lowest BCUT2D eigenvalue weighted by molar-refractivity contribution is -0.187. The molecule has 0 bridgehead atoms. The van der Waals surface area contributed by atoms with Gasteiger partial charge in [0.2, 0.25) is 11.5 Å². The van der Waals surface area contributed by atoms with E-state index in [1.807, 2.05) is 6.07 Å². The Morgan fingerprint density at radius 2 is 1.80 bits per heavy atom. The first kappa shape index (κ1) is 28.0. The van der Waals surface area contributed by atoms with Crippen molar-refractivity contribution in [3.63, 3.8) is 0 Å². The van der Waals surface area contributed by atoms with Crippen molar-refractivity contribution in [2.45, 2.75) is 44.1 Å². The fraction of sp³-hybridized carbons (Fsp3) is 0.321. The summed E-state index contributed by atoms with van der Waals surface area (Å²) in [5.74, 6) is -2.53. The van der Waals surface area contributed by atoms with E-state index in [-0.39, 0.29) is 18.0 Å². The smallest absolute Gasteiger partial charge is 0.418 e. The molecule has 1 aliphatic carbocycles. The number of aromatic nitrogens is 2. The number of amides is 3. The summed E-state index contributed by atoms with van der Waals surface area (Å²) >= 11 is 0. The molecule has 5 rings (SSSR count). The van der Waals surface area contributed by atoms with Crippen molar-refractivity contribution < 1.29 is 41.4 Å². The molecule has 3 amide bonds. The van der Waals surface area contributed by atoms with Gasteiger partial charge in [0.25, 0.3) is 5.91 Å². The Morgan fingerprint density at radius 1 is 1.12 bits per heavy atom. The number of benzene rings is 2. The average Bonchev–Trinajstić information content (AvgIpc) is 3.43. The van der Waals surface area contributed by atoms with E-state index < -0.39 is 54.6 Å². The summed E-state index contributed by atoms with van der Waals surface area (Å²) in [4.78, 5) is 48.8. The molecule has 1 aliphatic heterocycles. The minimum Gasteiger partial charge on any atom is -0.467 e. The molecule has 1 fully saturated rings. The van der Waals surface area contributed by atoms with Gasteiger partial charge in [0.1, 0.15) is 18.4 Å². The Morgan fingerprint density at radius 3 is 2.44 bits per heavy atom. The number of hydrogen-bond acceptors (Lipinski definition) is 7. The van der Waals surface area contributed by atoms with E-state index in [4.69, 9.17) is 9.47 Å². The molecule has 13 heteroatoms. The molecule has 214 valence electrons. The standard InChI is InChI=1S/C28H24F4N4O5/c1-16(28(30,31)32)35(14-17-3-6-21(29)7-4-17)23(37)15-36-24(38)27(41-26(36)39)10-9-19-11-18(5-8-22(19)27)20-12-33-25(40-2)34-13-20/h3-8,11-13,16H,9-10,14-15H2,1-2H3/t16-,27+/m0/s1. The largest absolute Gasteiger partial charge is 0.467 e. The molecule has 0 saturated carbocycles. The van der Waals surface area contributed by atoms with Crippen LogP contribution in [0.5, 0.6) is 6.01 Å². The Hall–Kier alpha value is -4.55. The van der Waals surface area contributed by atoms with Crippen molar-refractivity contribution >= 4 is 17.9 Å². The van der Waals surface area contributed by atoms with Crippen LogP contribution < -0.4 is 4.74 Å². The topological polar surface area (TPSA) is 102 Å². The third-order valence-electron chi connectivity index (χ3n) is 7.32. The van der Waals surface area contributed by atoms with Crippen LogP contribution in [0, 0.1) is 5.82 Å². The number of hydrogen-bond donors (Lipinski definition) is 0. The van der Waals surface area contributed by atoms with Crippen LogP contribution in [0.3, 0.4) is 0 Å². The second-order valence-corrected chi connectivity index (χ2v) is 9.78. The van der Waals surface area contributed by atoms with Gasteiger partial charge < -0.3 is 14.4 Å². The first-order valence-electron chi connectivity index (χ1n) is 12.6. The minimum atomic E-state index is -4.79. The maximum Gasteiger partial charge on any atom is 0.418 e. The number of rotatable bonds is 7. The quantitative estimate of drug-likeness (QED) is 0.387. The zero-order valence-electron chi connectivity index (χ0n) is 21.9. The zero-order chi connectivity index (χ0) is 29.5. The van der Waals surface area contributed by atoms with Gasteiger partial charge in [-0.3, -0.25) is 9.59 Å². The molecule has 2 aromatic carbocycles. The number of methoxy groups -OCH3 is 1. The van der Waals surface area contributed by atoms with Crippen LogP contribution in [-0.4, -0.2) is 63.5 Å². The van der Waals surface area contributed by atoms with E-state index in [9.17, 15) is 31.9 Å². The molecule has 2 heterocycles. The second kappa shape index (κ2) is 10.5. The Balaban J connectivity index is 1.38. The molecule has 9 nitrogen and oxygen atoms in total. The monoisotopic (exact) mass is 572 g/mol.